The summed E-state index contributed by atoms with van der Waals surface area (Å²) in [6.45, 7) is 1.43. The summed E-state index contributed by atoms with van der Waals surface area (Å²) in [7, 11) is 0. The lowest BCUT2D eigenvalue weighted by molar-refractivity contribution is 0.148. The molecule has 94 valence electrons. The average molecular weight is 256 g/mol. The zero-order valence-electron chi connectivity index (χ0n) is 9.81. The molecule has 4 nitrogen and oxygen atoms in total. The molecular formula is C12H18ClN3O. The van der Waals surface area contributed by atoms with Crippen molar-refractivity contribution in [3.8, 4) is 5.88 Å². The van der Waals surface area contributed by atoms with Gasteiger partial charge in [0.2, 0.25) is 5.88 Å². The monoisotopic (exact) mass is 255 g/mol. The molecule has 1 aliphatic carbocycles. The fraction of sp³-hybridized carbons (Fsp3) is 0.667. The van der Waals surface area contributed by atoms with Gasteiger partial charge in [-0.15, -0.1) is 10.2 Å². The zero-order chi connectivity index (χ0) is 12.1. The molecule has 0 amide bonds. The quantitative estimate of drug-likeness (QED) is 0.897. The second-order valence-corrected chi connectivity index (χ2v) is 4.93. The lowest BCUT2D eigenvalue weighted by atomic mass is 9.80. The van der Waals surface area contributed by atoms with Crippen LogP contribution in [-0.2, 0) is 0 Å². The highest BCUT2D eigenvalue weighted by Gasteiger charge is 2.24. The maximum Gasteiger partial charge on any atom is 0.233 e. The van der Waals surface area contributed by atoms with E-state index in [-0.39, 0.29) is 0 Å². The summed E-state index contributed by atoms with van der Waals surface area (Å²) < 4.78 is 5.64. The molecule has 1 aromatic rings. The first-order valence-corrected chi connectivity index (χ1v) is 6.49. The van der Waals surface area contributed by atoms with E-state index in [0.717, 1.165) is 6.54 Å². The summed E-state index contributed by atoms with van der Waals surface area (Å²) >= 11 is 5.66. The Bertz CT molecular complexity index is 344. The molecule has 1 aromatic heterocycles. The Kier molecular flexibility index (Phi) is 4.57. The molecule has 5 heteroatoms. The molecule has 17 heavy (non-hydrogen) atoms. The SMILES string of the molecule is NCC1CCCCC1COc1ccc(Cl)nn1. The largest absolute Gasteiger partial charge is 0.476 e. The molecule has 1 aliphatic rings. The van der Waals surface area contributed by atoms with Crippen LogP contribution in [0.5, 0.6) is 5.88 Å². The Labute approximate surface area is 107 Å². The van der Waals surface area contributed by atoms with Gasteiger partial charge in [0.15, 0.2) is 5.15 Å². The predicted octanol–water partition coefficient (Wildman–Crippen LogP) is 2.27. The van der Waals surface area contributed by atoms with Crippen molar-refractivity contribution in [1.29, 1.82) is 0 Å². The van der Waals surface area contributed by atoms with Crippen LogP contribution in [0.4, 0.5) is 0 Å². The van der Waals surface area contributed by atoms with Crippen LogP contribution in [-0.4, -0.2) is 23.3 Å². The Morgan fingerprint density at radius 3 is 2.65 bits per heavy atom. The van der Waals surface area contributed by atoms with Crippen molar-refractivity contribution in [2.24, 2.45) is 17.6 Å². The Hall–Kier alpha value is -0.870. The van der Waals surface area contributed by atoms with Crippen molar-refractivity contribution in [3.63, 3.8) is 0 Å². The molecule has 1 fully saturated rings. The number of nitrogens with two attached hydrogens (primary N) is 1. The van der Waals surface area contributed by atoms with Crippen molar-refractivity contribution < 1.29 is 4.74 Å². The Morgan fingerprint density at radius 2 is 2.00 bits per heavy atom. The lowest BCUT2D eigenvalue weighted by Crippen LogP contribution is -2.30. The summed E-state index contributed by atoms with van der Waals surface area (Å²) in [6.07, 6.45) is 4.98. The molecule has 0 bridgehead atoms. The van der Waals surface area contributed by atoms with Gasteiger partial charge in [0, 0.05) is 6.07 Å². The predicted molar refractivity (Wildman–Crippen MR) is 67.0 cm³/mol. The second-order valence-electron chi connectivity index (χ2n) is 4.55. The van der Waals surface area contributed by atoms with Gasteiger partial charge < -0.3 is 10.5 Å². The van der Waals surface area contributed by atoms with Crippen LogP contribution >= 0.6 is 11.6 Å². The molecular weight excluding hydrogens is 238 g/mol. The molecule has 0 spiro atoms. The molecule has 1 heterocycles. The first-order chi connectivity index (χ1) is 8.29. The number of aromatic nitrogens is 2. The Morgan fingerprint density at radius 1 is 1.24 bits per heavy atom. The van der Waals surface area contributed by atoms with Crippen molar-refractivity contribution in [2.75, 3.05) is 13.2 Å². The molecule has 2 unspecified atom stereocenters. The van der Waals surface area contributed by atoms with Crippen molar-refractivity contribution in [2.45, 2.75) is 25.7 Å². The maximum atomic E-state index is 5.78. The zero-order valence-corrected chi connectivity index (χ0v) is 10.6. The first kappa shape index (κ1) is 12.6. The van der Waals surface area contributed by atoms with E-state index in [9.17, 15) is 0 Å². The molecule has 0 aliphatic heterocycles. The number of ether oxygens (including phenoxy) is 1. The van der Waals surface area contributed by atoms with E-state index in [4.69, 9.17) is 22.1 Å². The van der Waals surface area contributed by atoms with Gasteiger partial charge >= 0.3 is 0 Å². The van der Waals surface area contributed by atoms with Crippen LogP contribution in [0.15, 0.2) is 12.1 Å². The van der Waals surface area contributed by atoms with Gasteiger partial charge in [-0.05, 0) is 37.3 Å². The van der Waals surface area contributed by atoms with Crippen LogP contribution in [0.1, 0.15) is 25.7 Å². The van der Waals surface area contributed by atoms with Gasteiger partial charge in [0.25, 0.3) is 0 Å². The van der Waals surface area contributed by atoms with E-state index in [1.54, 1.807) is 12.1 Å². The Balaban J connectivity index is 1.86. The molecule has 0 saturated heterocycles. The molecule has 1 saturated carbocycles. The molecule has 2 rings (SSSR count). The summed E-state index contributed by atoms with van der Waals surface area (Å²) in [5.41, 5.74) is 5.78. The van der Waals surface area contributed by atoms with E-state index < -0.39 is 0 Å². The second kappa shape index (κ2) is 6.17. The highest BCUT2D eigenvalue weighted by molar-refractivity contribution is 6.29. The summed E-state index contributed by atoms with van der Waals surface area (Å²) in [5.74, 6) is 1.67. The van der Waals surface area contributed by atoms with E-state index in [1.807, 2.05) is 0 Å². The van der Waals surface area contributed by atoms with Crippen LogP contribution in [0.3, 0.4) is 0 Å². The smallest absolute Gasteiger partial charge is 0.233 e. The minimum atomic E-state index is 0.384. The van der Waals surface area contributed by atoms with Gasteiger partial charge in [-0.25, -0.2) is 0 Å². The van der Waals surface area contributed by atoms with Gasteiger partial charge in [0.1, 0.15) is 0 Å². The highest BCUT2D eigenvalue weighted by atomic mass is 35.5. The van der Waals surface area contributed by atoms with Crippen LogP contribution in [0.25, 0.3) is 0 Å². The topological polar surface area (TPSA) is 61.0 Å². The number of rotatable bonds is 4. The highest BCUT2D eigenvalue weighted by Crippen LogP contribution is 2.29. The third kappa shape index (κ3) is 3.54. The third-order valence-electron chi connectivity index (χ3n) is 3.42. The average Bonchev–Trinajstić information content (AvgIpc) is 2.38. The van der Waals surface area contributed by atoms with E-state index >= 15 is 0 Å². The minimum absolute atomic E-state index is 0.384. The number of halogens is 1. The van der Waals surface area contributed by atoms with Crippen molar-refractivity contribution in [1.82, 2.24) is 10.2 Å². The maximum absolute atomic E-state index is 5.78. The molecule has 2 atom stereocenters. The van der Waals surface area contributed by atoms with Crippen LogP contribution < -0.4 is 10.5 Å². The third-order valence-corrected chi connectivity index (χ3v) is 3.62. The van der Waals surface area contributed by atoms with Crippen molar-refractivity contribution in [3.05, 3.63) is 17.3 Å². The molecule has 0 radical (unpaired) electrons. The van der Waals surface area contributed by atoms with Gasteiger partial charge in [0.05, 0.1) is 6.61 Å². The van der Waals surface area contributed by atoms with E-state index in [0.29, 0.717) is 29.5 Å². The number of hydrogen-bond acceptors (Lipinski definition) is 4. The van der Waals surface area contributed by atoms with Gasteiger partial charge in [-0.1, -0.05) is 24.4 Å². The summed E-state index contributed by atoms with van der Waals surface area (Å²) in [4.78, 5) is 0. The summed E-state index contributed by atoms with van der Waals surface area (Å²) in [5, 5.41) is 8.01. The molecule has 0 aromatic carbocycles. The minimum Gasteiger partial charge on any atom is -0.476 e. The number of hydrogen-bond donors (Lipinski definition) is 1. The van der Waals surface area contributed by atoms with E-state index in [1.165, 1.54) is 25.7 Å². The fourth-order valence-corrected chi connectivity index (χ4v) is 2.49. The first-order valence-electron chi connectivity index (χ1n) is 6.11. The lowest BCUT2D eigenvalue weighted by Gasteiger charge is -2.30. The normalized spacial score (nSPS) is 24.6. The van der Waals surface area contributed by atoms with Crippen LogP contribution in [0.2, 0.25) is 5.15 Å². The van der Waals surface area contributed by atoms with Gasteiger partial charge in [-0.3, -0.25) is 0 Å². The van der Waals surface area contributed by atoms with Gasteiger partial charge in [-0.2, -0.15) is 0 Å². The molecule has 2 N–H and O–H groups in total. The standard InChI is InChI=1S/C12H18ClN3O/c13-11-5-6-12(16-15-11)17-8-10-4-2-1-3-9(10)7-14/h5-6,9-10H,1-4,7-8,14H2. The fourth-order valence-electron chi connectivity index (χ4n) is 2.39. The van der Waals surface area contributed by atoms with E-state index in [2.05, 4.69) is 10.2 Å². The summed E-state index contributed by atoms with van der Waals surface area (Å²) in [6, 6.07) is 3.43. The van der Waals surface area contributed by atoms with Crippen LogP contribution in [0, 0.1) is 11.8 Å². The van der Waals surface area contributed by atoms with Crippen molar-refractivity contribution >= 4 is 11.6 Å². The number of nitrogens with zero attached hydrogens (tertiary/aromatic N) is 2.